The van der Waals surface area contributed by atoms with E-state index >= 15 is 0 Å². The Morgan fingerprint density at radius 1 is 1.38 bits per heavy atom. The van der Waals surface area contributed by atoms with Crippen molar-refractivity contribution in [2.75, 3.05) is 39.5 Å². The molecule has 0 aromatic rings. The molecule has 0 atom stereocenters. The van der Waals surface area contributed by atoms with Gasteiger partial charge in [-0.3, -0.25) is 0 Å². The van der Waals surface area contributed by atoms with Crippen LogP contribution >= 0.6 is 0 Å². The van der Waals surface area contributed by atoms with Crippen LogP contribution in [0.2, 0.25) is 0 Å². The van der Waals surface area contributed by atoms with Crippen LogP contribution in [0.5, 0.6) is 0 Å². The highest BCUT2D eigenvalue weighted by atomic mass is 32.2. The van der Waals surface area contributed by atoms with Crippen LogP contribution in [0.25, 0.3) is 0 Å². The maximum atomic E-state index is 11.1. The molecule has 0 spiro atoms. The van der Waals surface area contributed by atoms with Gasteiger partial charge in [0, 0.05) is 13.1 Å². The van der Waals surface area contributed by atoms with E-state index in [-0.39, 0.29) is 12.3 Å². The van der Waals surface area contributed by atoms with E-state index in [1.54, 1.807) is 0 Å². The van der Waals surface area contributed by atoms with Crippen LogP contribution < -0.4 is 10.5 Å². The zero-order valence-electron chi connectivity index (χ0n) is 8.28. The second-order valence-corrected chi connectivity index (χ2v) is 5.09. The van der Waals surface area contributed by atoms with Crippen LogP contribution in [0.3, 0.4) is 0 Å². The summed E-state index contributed by atoms with van der Waals surface area (Å²) in [5.74, 6) is 0.00889. The Labute approximate surface area is 80.3 Å². The monoisotopic (exact) mass is 209 g/mol. The molecule has 0 heterocycles. The smallest absolute Gasteiger partial charge is 0.212 e. The predicted molar refractivity (Wildman–Crippen MR) is 54.0 cm³/mol. The van der Waals surface area contributed by atoms with E-state index in [1.165, 1.54) is 0 Å². The normalized spacial score (nSPS) is 12.3. The molecule has 13 heavy (non-hydrogen) atoms. The minimum Gasteiger partial charge on any atom is -0.329 e. The number of hydrogen-bond acceptors (Lipinski definition) is 4. The van der Waals surface area contributed by atoms with Gasteiger partial charge in [0.15, 0.2) is 0 Å². The van der Waals surface area contributed by atoms with Gasteiger partial charge in [-0.25, -0.2) is 13.1 Å². The molecule has 0 amide bonds. The molecule has 0 aliphatic heterocycles. The molecule has 0 fully saturated rings. The molecule has 0 aromatic carbocycles. The standard InChI is InChI=1S/C7H19N3O2S/c1-10(2)6-3-5-9-13(11,12)7-4-8/h9H,3-8H2,1-2H3. The molecule has 0 aliphatic carbocycles. The van der Waals surface area contributed by atoms with Crippen LogP contribution in [0.4, 0.5) is 0 Å². The van der Waals surface area contributed by atoms with Gasteiger partial charge in [0.05, 0.1) is 5.75 Å². The van der Waals surface area contributed by atoms with Crippen LogP contribution in [-0.2, 0) is 10.0 Å². The van der Waals surface area contributed by atoms with Gasteiger partial charge < -0.3 is 10.6 Å². The maximum absolute atomic E-state index is 11.1. The van der Waals surface area contributed by atoms with E-state index in [4.69, 9.17) is 5.73 Å². The van der Waals surface area contributed by atoms with Crippen LogP contribution in [0.1, 0.15) is 6.42 Å². The van der Waals surface area contributed by atoms with Crippen molar-refractivity contribution in [2.45, 2.75) is 6.42 Å². The summed E-state index contributed by atoms with van der Waals surface area (Å²) in [5, 5.41) is 0. The minimum absolute atomic E-state index is 0.00889. The topological polar surface area (TPSA) is 75.4 Å². The Balaban J connectivity index is 3.53. The molecule has 80 valence electrons. The minimum atomic E-state index is -3.12. The highest BCUT2D eigenvalue weighted by molar-refractivity contribution is 7.89. The first-order valence-corrected chi connectivity index (χ1v) is 5.95. The number of nitrogens with zero attached hydrogens (tertiary/aromatic N) is 1. The summed E-state index contributed by atoms with van der Waals surface area (Å²) in [4.78, 5) is 2.01. The highest BCUT2D eigenvalue weighted by Crippen LogP contribution is 1.85. The van der Waals surface area contributed by atoms with Crippen molar-refractivity contribution < 1.29 is 8.42 Å². The van der Waals surface area contributed by atoms with Crippen molar-refractivity contribution in [3.63, 3.8) is 0 Å². The highest BCUT2D eigenvalue weighted by Gasteiger charge is 2.06. The van der Waals surface area contributed by atoms with E-state index < -0.39 is 10.0 Å². The number of rotatable bonds is 7. The van der Waals surface area contributed by atoms with Gasteiger partial charge in [-0.1, -0.05) is 0 Å². The van der Waals surface area contributed by atoms with Crippen LogP contribution in [-0.4, -0.2) is 52.8 Å². The zero-order chi connectivity index (χ0) is 10.3. The summed E-state index contributed by atoms with van der Waals surface area (Å²) in [6.45, 7) is 1.54. The first-order chi connectivity index (χ1) is 5.98. The first kappa shape index (κ1) is 12.8. The number of nitrogens with two attached hydrogens (primary N) is 1. The van der Waals surface area contributed by atoms with Gasteiger partial charge in [-0.15, -0.1) is 0 Å². The number of nitrogens with one attached hydrogen (secondary N) is 1. The average molecular weight is 209 g/mol. The largest absolute Gasteiger partial charge is 0.329 e. The Morgan fingerprint density at radius 3 is 2.46 bits per heavy atom. The molecule has 0 saturated heterocycles. The lowest BCUT2D eigenvalue weighted by molar-refractivity contribution is 0.400. The Bertz CT molecular complexity index is 214. The first-order valence-electron chi connectivity index (χ1n) is 4.30. The fourth-order valence-electron chi connectivity index (χ4n) is 0.850. The van der Waals surface area contributed by atoms with Gasteiger partial charge in [0.25, 0.3) is 0 Å². The van der Waals surface area contributed by atoms with Crippen molar-refractivity contribution in [1.29, 1.82) is 0 Å². The second kappa shape index (κ2) is 6.31. The van der Waals surface area contributed by atoms with Crippen molar-refractivity contribution in [3.8, 4) is 0 Å². The summed E-state index contributed by atoms with van der Waals surface area (Å²) in [6, 6.07) is 0. The van der Waals surface area contributed by atoms with Gasteiger partial charge in [0.1, 0.15) is 0 Å². The fourth-order valence-corrected chi connectivity index (χ4v) is 1.76. The van der Waals surface area contributed by atoms with E-state index in [0.717, 1.165) is 13.0 Å². The van der Waals surface area contributed by atoms with E-state index in [9.17, 15) is 8.42 Å². The lowest BCUT2D eigenvalue weighted by Crippen LogP contribution is -2.31. The van der Waals surface area contributed by atoms with Crippen LogP contribution in [0, 0.1) is 0 Å². The van der Waals surface area contributed by atoms with Crippen molar-refractivity contribution in [1.82, 2.24) is 9.62 Å². The van der Waals surface area contributed by atoms with E-state index in [0.29, 0.717) is 6.54 Å². The van der Waals surface area contributed by atoms with E-state index in [2.05, 4.69) is 4.72 Å². The van der Waals surface area contributed by atoms with Crippen molar-refractivity contribution in [2.24, 2.45) is 5.73 Å². The number of sulfonamides is 1. The number of hydrogen-bond donors (Lipinski definition) is 2. The summed E-state index contributed by atoms with van der Waals surface area (Å²) in [6.07, 6.45) is 0.816. The van der Waals surface area contributed by atoms with Crippen LogP contribution in [0.15, 0.2) is 0 Å². The lowest BCUT2D eigenvalue weighted by Gasteiger charge is -2.09. The molecule has 0 rings (SSSR count). The molecule has 3 N–H and O–H groups in total. The molecule has 0 bridgehead atoms. The molecule has 0 saturated carbocycles. The lowest BCUT2D eigenvalue weighted by atomic mass is 10.4. The predicted octanol–water partition coefficient (Wildman–Crippen LogP) is -1.18. The SMILES string of the molecule is CN(C)CCCNS(=O)(=O)CCN. The summed E-state index contributed by atoms with van der Waals surface area (Å²) in [5.41, 5.74) is 5.14. The molecule has 0 aromatic heterocycles. The van der Waals surface area contributed by atoms with Gasteiger partial charge >= 0.3 is 0 Å². The fraction of sp³-hybridized carbons (Fsp3) is 1.00. The molecule has 6 heteroatoms. The summed E-state index contributed by atoms with van der Waals surface area (Å²) < 4.78 is 24.6. The third kappa shape index (κ3) is 8.17. The van der Waals surface area contributed by atoms with Crippen molar-refractivity contribution in [3.05, 3.63) is 0 Å². The second-order valence-electron chi connectivity index (χ2n) is 3.16. The Morgan fingerprint density at radius 2 is 2.00 bits per heavy atom. The van der Waals surface area contributed by atoms with Crippen molar-refractivity contribution >= 4 is 10.0 Å². The molecule has 0 radical (unpaired) electrons. The molecular weight excluding hydrogens is 190 g/mol. The molecule has 0 aliphatic rings. The third-order valence-electron chi connectivity index (χ3n) is 1.49. The van der Waals surface area contributed by atoms with Gasteiger partial charge in [0.2, 0.25) is 10.0 Å². The van der Waals surface area contributed by atoms with E-state index in [1.807, 2.05) is 19.0 Å². The van der Waals surface area contributed by atoms with Gasteiger partial charge in [-0.05, 0) is 27.1 Å². The summed E-state index contributed by atoms with van der Waals surface area (Å²) in [7, 11) is 0.782. The summed E-state index contributed by atoms with van der Waals surface area (Å²) >= 11 is 0. The third-order valence-corrected chi connectivity index (χ3v) is 2.91. The quantitative estimate of drug-likeness (QED) is 0.517. The Hall–Kier alpha value is -0.170. The van der Waals surface area contributed by atoms with Gasteiger partial charge in [-0.2, -0.15) is 0 Å². The zero-order valence-corrected chi connectivity index (χ0v) is 9.10. The molecule has 5 nitrogen and oxygen atoms in total. The Kier molecular flexibility index (Phi) is 6.23. The average Bonchev–Trinajstić information content (AvgIpc) is 1.98. The molecular formula is C7H19N3O2S. The maximum Gasteiger partial charge on any atom is 0.212 e. The molecule has 0 unspecified atom stereocenters.